The third-order valence-electron chi connectivity index (χ3n) is 2.04. The first-order valence-electron chi connectivity index (χ1n) is 6.03. The van der Waals surface area contributed by atoms with Crippen molar-refractivity contribution in [3.05, 3.63) is 22.4 Å². The summed E-state index contributed by atoms with van der Waals surface area (Å²) in [7, 11) is 0. The molecule has 5 nitrogen and oxygen atoms in total. The van der Waals surface area contributed by atoms with Crippen LogP contribution in [0.2, 0.25) is 0 Å². The van der Waals surface area contributed by atoms with Crippen LogP contribution in [0.4, 0.5) is 14.9 Å². The van der Waals surface area contributed by atoms with E-state index in [2.05, 4.69) is 21.2 Å². The fourth-order valence-electron chi connectivity index (χ4n) is 1.34. The third-order valence-corrected chi connectivity index (χ3v) is 2.63. The number of nitrogen functional groups attached to an aromatic ring is 1. The van der Waals surface area contributed by atoms with Gasteiger partial charge in [-0.05, 0) is 42.8 Å². The van der Waals surface area contributed by atoms with Crippen LogP contribution >= 0.6 is 15.9 Å². The van der Waals surface area contributed by atoms with Crippen LogP contribution in [0.1, 0.15) is 20.8 Å². The number of alkyl carbamates (subject to hydrolysis) is 1. The van der Waals surface area contributed by atoms with Crippen LogP contribution < -0.4 is 15.8 Å². The predicted molar refractivity (Wildman–Crippen MR) is 78.2 cm³/mol. The van der Waals surface area contributed by atoms with Crippen LogP contribution in [0.15, 0.2) is 16.6 Å². The minimum Gasteiger partial charge on any atom is -0.487 e. The topological polar surface area (TPSA) is 73.6 Å². The lowest BCUT2D eigenvalue weighted by Gasteiger charge is -2.19. The van der Waals surface area contributed by atoms with Gasteiger partial charge in [0.1, 0.15) is 12.2 Å². The largest absolute Gasteiger partial charge is 0.487 e. The van der Waals surface area contributed by atoms with Crippen LogP contribution in [0.25, 0.3) is 0 Å². The van der Waals surface area contributed by atoms with Crippen molar-refractivity contribution in [2.24, 2.45) is 0 Å². The summed E-state index contributed by atoms with van der Waals surface area (Å²) in [5.74, 6) is -0.501. The SMILES string of the molecule is CC(C)(C)OC(=O)NCCOc1c(F)cc(N)cc1Br. The summed E-state index contributed by atoms with van der Waals surface area (Å²) < 4.78 is 24.3. The number of carbonyl (C=O) groups excluding carboxylic acids is 1. The van der Waals surface area contributed by atoms with Crippen molar-refractivity contribution in [2.45, 2.75) is 26.4 Å². The number of nitrogens with one attached hydrogen (secondary N) is 1. The van der Waals surface area contributed by atoms with Crippen LogP contribution in [0.5, 0.6) is 5.75 Å². The molecule has 1 amide bonds. The molecule has 0 spiro atoms. The lowest BCUT2D eigenvalue weighted by Crippen LogP contribution is -2.34. The number of halogens is 2. The van der Waals surface area contributed by atoms with E-state index in [1.165, 1.54) is 6.07 Å². The molecule has 0 fully saturated rings. The quantitative estimate of drug-likeness (QED) is 0.647. The number of carbonyl (C=O) groups is 1. The maximum Gasteiger partial charge on any atom is 0.407 e. The minimum absolute atomic E-state index is 0.0604. The van der Waals surface area contributed by atoms with Crippen molar-refractivity contribution in [3.8, 4) is 5.75 Å². The first kappa shape index (κ1) is 16.6. The summed E-state index contributed by atoms with van der Waals surface area (Å²) in [5, 5.41) is 2.51. The summed E-state index contributed by atoms with van der Waals surface area (Å²) in [6.07, 6.45) is -0.544. The maximum absolute atomic E-state index is 13.6. The molecule has 3 N–H and O–H groups in total. The van der Waals surface area contributed by atoms with E-state index in [0.717, 1.165) is 0 Å². The standard InChI is InChI=1S/C13H18BrFN2O3/c1-13(2,3)20-12(18)17-4-5-19-11-9(14)6-8(16)7-10(11)15/h6-7H,4-5,16H2,1-3H3,(H,17,18). The molecule has 0 heterocycles. The number of hydrogen-bond donors (Lipinski definition) is 2. The van der Waals surface area contributed by atoms with Gasteiger partial charge in [0.15, 0.2) is 11.6 Å². The zero-order chi connectivity index (χ0) is 15.3. The Morgan fingerprint density at radius 2 is 2.10 bits per heavy atom. The van der Waals surface area contributed by atoms with Gasteiger partial charge >= 0.3 is 6.09 Å². The molecule has 1 rings (SSSR count). The van der Waals surface area contributed by atoms with E-state index in [-0.39, 0.29) is 18.9 Å². The van der Waals surface area contributed by atoms with Crippen LogP contribution in [-0.2, 0) is 4.74 Å². The number of benzene rings is 1. The highest BCUT2D eigenvalue weighted by Gasteiger charge is 2.15. The monoisotopic (exact) mass is 348 g/mol. The molecule has 0 unspecified atom stereocenters. The highest BCUT2D eigenvalue weighted by Crippen LogP contribution is 2.30. The van der Waals surface area contributed by atoms with Gasteiger partial charge in [0.2, 0.25) is 0 Å². The molecule has 112 valence electrons. The van der Waals surface area contributed by atoms with E-state index < -0.39 is 17.5 Å². The molecule has 1 aromatic carbocycles. The number of hydrogen-bond acceptors (Lipinski definition) is 4. The van der Waals surface area contributed by atoms with Gasteiger partial charge in [0, 0.05) is 11.8 Å². The average molecular weight is 349 g/mol. The lowest BCUT2D eigenvalue weighted by molar-refractivity contribution is 0.0520. The van der Waals surface area contributed by atoms with Gasteiger partial charge < -0.3 is 20.5 Å². The van der Waals surface area contributed by atoms with E-state index in [4.69, 9.17) is 15.2 Å². The summed E-state index contributed by atoms with van der Waals surface area (Å²) in [6, 6.07) is 2.71. The van der Waals surface area contributed by atoms with Gasteiger partial charge in [0.05, 0.1) is 11.0 Å². The molecule has 0 aromatic heterocycles. The second-order valence-electron chi connectivity index (χ2n) is 5.09. The van der Waals surface area contributed by atoms with Crippen LogP contribution in [0, 0.1) is 5.82 Å². The van der Waals surface area contributed by atoms with Crippen molar-refractivity contribution in [1.29, 1.82) is 0 Å². The maximum atomic E-state index is 13.6. The van der Waals surface area contributed by atoms with E-state index >= 15 is 0 Å². The molecule has 0 saturated carbocycles. The number of nitrogens with two attached hydrogens (primary N) is 1. The zero-order valence-electron chi connectivity index (χ0n) is 11.6. The Morgan fingerprint density at radius 3 is 2.65 bits per heavy atom. The molecule has 0 bridgehead atoms. The van der Waals surface area contributed by atoms with Gasteiger partial charge in [0.25, 0.3) is 0 Å². The summed E-state index contributed by atoms with van der Waals surface area (Å²) >= 11 is 3.16. The lowest BCUT2D eigenvalue weighted by atomic mass is 10.2. The van der Waals surface area contributed by atoms with Gasteiger partial charge in [-0.3, -0.25) is 0 Å². The molecule has 0 atom stereocenters. The number of anilines is 1. The highest BCUT2D eigenvalue weighted by molar-refractivity contribution is 9.10. The first-order chi connectivity index (χ1) is 9.19. The molecule has 0 aliphatic rings. The van der Waals surface area contributed by atoms with Gasteiger partial charge in [-0.15, -0.1) is 0 Å². The molecular weight excluding hydrogens is 331 g/mol. The fraction of sp³-hybridized carbons (Fsp3) is 0.462. The minimum atomic E-state index is -0.561. The third kappa shape index (κ3) is 5.64. The normalized spacial score (nSPS) is 11.1. The van der Waals surface area contributed by atoms with E-state index in [1.807, 2.05) is 0 Å². The summed E-state index contributed by atoms with van der Waals surface area (Å²) in [6.45, 7) is 5.61. The van der Waals surface area contributed by atoms with Crippen molar-refractivity contribution in [1.82, 2.24) is 5.32 Å². The number of ether oxygens (including phenoxy) is 2. The Labute approximate surface area is 125 Å². The number of rotatable bonds is 4. The van der Waals surface area contributed by atoms with E-state index in [1.54, 1.807) is 26.8 Å². The van der Waals surface area contributed by atoms with Crippen molar-refractivity contribution >= 4 is 27.7 Å². The summed E-state index contributed by atoms with van der Waals surface area (Å²) in [4.78, 5) is 11.4. The van der Waals surface area contributed by atoms with Crippen molar-refractivity contribution in [3.63, 3.8) is 0 Å². The van der Waals surface area contributed by atoms with Crippen LogP contribution in [-0.4, -0.2) is 24.8 Å². The molecule has 0 aliphatic carbocycles. The van der Waals surface area contributed by atoms with Crippen LogP contribution in [0.3, 0.4) is 0 Å². The molecule has 0 radical (unpaired) electrons. The predicted octanol–water partition coefficient (Wildman–Crippen LogP) is 3.07. The van der Waals surface area contributed by atoms with Gasteiger partial charge in [-0.2, -0.15) is 0 Å². The highest BCUT2D eigenvalue weighted by atomic mass is 79.9. The Morgan fingerprint density at radius 1 is 1.45 bits per heavy atom. The zero-order valence-corrected chi connectivity index (χ0v) is 13.2. The van der Waals surface area contributed by atoms with Crippen molar-refractivity contribution < 1.29 is 18.7 Å². The summed E-state index contributed by atoms with van der Waals surface area (Å²) in [5.41, 5.74) is 5.22. The Balaban J connectivity index is 2.41. The van der Waals surface area contributed by atoms with Crippen molar-refractivity contribution in [2.75, 3.05) is 18.9 Å². The first-order valence-corrected chi connectivity index (χ1v) is 6.82. The van der Waals surface area contributed by atoms with E-state index in [0.29, 0.717) is 10.2 Å². The second-order valence-corrected chi connectivity index (χ2v) is 5.95. The fourth-order valence-corrected chi connectivity index (χ4v) is 1.91. The average Bonchev–Trinajstić information content (AvgIpc) is 2.23. The second kappa shape index (κ2) is 6.78. The molecular formula is C13H18BrFN2O3. The Kier molecular flexibility index (Phi) is 5.62. The molecule has 7 heteroatoms. The van der Waals surface area contributed by atoms with E-state index in [9.17, 15) is 9.18 Å². The Bertz CT molecular complexity index is 466. The molecule has 1 aromatic rings. The van der Waals surface area contributed by atoms with Gasteiger partial charge in [-0.25, -0.2) is 9.18 Å². The molecule has 20 heavy (non-hydrogen) atoms. The molecule has 0 saturated heterocycles. The molecule has 0 aliphatic heterocycles. The van der Waals surface area contributed by atoms with Gasteiger partial charge in [-0.1, -0.05) is 0 Å². The number of amides is 1. The smallest absolute Gasteiger partial charge is 0.407 e. The Hall–Kier alpha value is -1.50.